The Kier molecular flexibility index (Phi) is 6.16. The molecule has 3 nitrogen and oxygen atoms in total. The molecule has 7 heteroatoms. The third kappa shape index (κ3) is 4.12. The second-order valence-electron chi connectivity index (χ2n) is 6.68. The molecule has 0 spiro atoms. The average Bonchev–Trinajstić information content (AvgIpc) is 2.70. The Balaban J connectivity index is 1.90. The van der Waals surface area contributed by atoms with Crippen LogP contribution >= 0.6 is 55.1 Å². The number of aromatic nitrogens is 1. The molecule has 0 bridgehead atoms. The molecule has 0 unspecified atom stereocenters. The van der Waals surface area contributed by atoms with Crippen LogP contribution in [0.2, 0.25) is 10.0 Å². The van der Waals surface area contributed by atoms with E-state index in [0.717, 1.165) is 25.5 Å². The smallest absolute Gasteiger partial charge is 0.256 e. The Labute approximate surface area is 200 Å². The molecule has 0 saturated heterocycles. The van der Waals surface area contributed by atoms with Crippen molar-refractivity contribution in [3.05, 3.63) is 90.8 Å². The number of para-hydroxylation sites is 1. The minimum atomic E-state index is -0.222. The summed E-state index contributed by atoms with van der Waals surface area (Å²) in [5, 5.41) is 4.80. The largest absolute Gasteiger partial charge is 0.321 e. The molecule has 30 heavy (non-hydrogen) atoms. The summed E-state index contributed by atoms with van der Waals surface area (Å²) in [7, 11) is 0. The number of hydrogen-bond acceptors (Lipinski definition) is 2. The van der Waals surface area contributed by atoms with Gasteiger partial charge in [0.1, 0.15) is 0 Å². The first-order valence-corrected chi connectivity index (χ1v) is 11.3. The molecule has 0 aliphatic rings. The third-order valence-corrected chi connectivity index (χ3v) is 6.43. The number of nitrogens with one attached hydrogen (secondary N) is 1. The van der Waals surface area contributed by atoms with Gasteiger partial charge in [0.25, 0.3) is 5.91 Å². The highest BCUT2D eigenvalue weighted by Gasteiger charge is 2.21. The van der Waals surface area contributed by atoms with E-state index >= 15 is 0 Å². The van der Waals surface area contributed by atoms with Crippen LogP contribution in [0.1, 0.15) is 15.9 Å². The van der Waals surface area contributed by atoms with E-state index in [-0.39, 0.29) is 5.91 Å². The summed E-state index contributed by atoms with van der Waals surface area (Å²) >= 11 is 19.4. The summed E-state index contributed by atoms with van der Waals surface area (Å²) in [6.07, 6.45) is 0. The molecule has 0 saturated carbocycles. The summed E-state index contributed by atoms with van der Waals surface area (Å²) < 4.78 is 1.69. The Bertz CT molecular complexity index is 1310. The van der Waals surface area contributed by atoms with Gasteiger partial charge in [-0.25, -0.2) is 4.98 Å². The topological polar surface area (TPSA) is 42.0 Å². The lowest BCUT2D eigenvalue weighted by molar-refractivity contribution is 0.102. The Morgan fingerprint density at radius 1 is 1.00 bits per heavy atom. The monoisotopic (exact) mass is 562 g/mol. The second kappa shape index (κ2) is 8.67. The number of amides is 1. The van der Waals surface area contributed by atoms with Crippen molar-refractivity contribution in [2.24, 2.45) is 0 Å². The molecule has 1 amide bonds. The SMILES string of the molecule is Cc1c(-c2ccc(Cl)cc2Cl)nc2ccccc2c1C(=O)Nc1ccc(Br)cc1Br. The summed E-state index contributed by atoms with van der Waals surface area (Å²) in [5.74, 6) is -0.222. The first-order chi connectivity index (χ1) is 14.3. The van der Waals surface area contributed by atoms with Gasteiger partial charge < -0.3 is 5.32 Å². The number of carbonyl (C=O) groups excluding carboxylic acids is 1. The van der Waals surface area contributed by atoms with E-state index in [4.69, 9.17) is 28.2 Å². The molecule has 150 valence electrons. The van der Waals surface area contributed by atoms with E-state index in [1.54, 1.807) is 12.1 Å². The van der Waals surface area contributed by atoms with Crippen LogP contribution in [0.25, 0.3) is 22.2 Å². The summed E-state index contributed by atoms with van der Waals surface area (Å²) in [6.45, 7) is 1.88. The third-order valence-electron chi connectivity index (χ3n) is 4.73. The molecule has 1 heterocycles. The van der Waals surface area contributed by atoms with Gasteiger partial charge in [-0.2, -0.15) is 0 Å². The number of fused-ring (bicyclic) bond motifs is 1. The minimum Gasteiger partial charge on any atom is -0.321 e. The molecule has 0 atom stereocenters. The number of anilines is 1. The predicted molar refractivity (Wildman–Crippen MR) is 132 cm³/mol. The molecular weight excluding hydrogens is 551 g/mol. The van der Waals surface area contributed by atoms with Crippen molar-refractivity contribution in [1.29, 1.82) is 0 Å². The van der Waals surface area contributed by atoms with Crippen molar-refractivity contribution >= 4 is 77.6 Å². The first kappa shape index (κ1) is 21.3. The van der Waals surface area contributed by atoms with E-state index in [2.05, 4.69) is 37.2 Å². The van der Waals surface area contributed by atoms with Crippen LogP contribution in [-0.2, 0) is 0 Å². The normalized spacial score (nSPS) is 11.0. The van der Waals surface area contributed by atoms with Crippen LogP contribution in [0.15, 0.2) is 69.6 Å². The van der Waals surface area contributed by atoms with Gasteiger partial charge in [-0.05, 0) is 70.9 Å². The van der Waals surface area contributed by atoms with Crippen molar-refractivity contribution in [3.63, 3.8) is 0 Å². The van der Waals surface area contributed by atoms with Crippen molar-refractivity contribution in [3.8, 4) is 11.3 Å². The zero-order chi connectivity index (χ0) is 21.4. The van der Waals surface area contributed by atoms with E-state index in [0.29, 0.717) is 32.5 Å². The fourth-order valence-corrected chi connectivity index (χ4v) is 4.96. The fourth-order valence-electron chi connectivity index (χ4n) is 3.32. The Hall–Kier alpha value is -1.92. The second-order valence-corrected chi connectivity index (χ2v) is 9.29. The van der Waals surface area contributed by atoms with Crippen molar-refractivity contribution < 1.29 is 4.79 Å². The van der Waals surface area contributed by atoms with E-state index < -0.39 is 0 Å². The molecule has 4 rings (SSSR count). The number of hydrogen-bond donors (Lipinski definition) is 1. The van der Waals surface area contributed by atoms with Crippen LogP contribution in [0, 0.1) is 6.92 Å². The number of rotatable bonds is 3. The molecule has 0 aliphatic carbocycles. The van der Waals surface area contributed by atoms with Crippen LogP contribution < -0.4 is 5.32 Å². The maximum Gasteiger partial charge on any atom is 0.256 e. The number of benzene rings is 3. The van der Waals surface area contributed by atoms with Gasteiger partial charge in [0.15, 0.2) is 0 Å². The maximum atomic E-state index is 13.4. The zero-order valence-corrected chi connectivity index (χ0v) is 20.3. The zero-order valence-electron chi connectivity index (χ0n) is 15.6. The Morgan fingerprint density at radius 3 is 2.50 bits per heavy atom. The molecular formula is C23H14Br2Cl2N2O. The number of nitrogens with zero attached hydrogens (tertiary/aromatic N) is 1. The standard InChI is InChI=1S/C23H14Br2Cl2N2O/c1-12-21(23(30)29-20-9-6-13(24)10-17(20)25)16-4-2-3-5-19(16)28-22(12)15-8-7-14(26)11-18(15)27/h2-11H,1H3,(H,29,30). The minimum absolute atomic E-state index is 0.222. The highest BCUT2D eigenvalue weighted by Crippen LogP contribution is 2.35. The number of carbonyl (C=O) groups is 1. The van der Waals surface area contributed by atoms with Crippen LogP contribution in [0.5, 0.6) is 0 Å². The summed E-state index contributed by atoms with van der Waals surface area (Å²) in [4.78, 5) is 18.2. The lowest BCUT2D eigenvalue weighted by Gasteiger charge is -2.16. The molecule has 0 fully saturated rings. The lowest BCUT2D eigenvalue weighted by Crippen LogP contribution is -2.15. The van der Waals surface area contributed by atoms with Crippen molar-refractivity contribution in [1.82, 2.24) is 4.98 Å². The van der Waals surface area contributed by atoms with E-state index in [1.165, 1.54) is 0 Å². The Morgan fingerprint density at radius 2 is 1.77 bits per heavy atom. The van der Waals surface area contributed by atoms with Gasteiger partial charge >= 0.3 is 0 Å². The van der Waals surface area contributed by atoms with Crippen LogP contribution in [0.3, 0.4) is 0 Å². The highest BCUT2D eigenvalue weighted by atomic mass is 79.9. The van der Waals surface area contributed by atoms with Crippen LogP contribution in [0.4, 0.5) is 5.69 Å². The van der Waals surface area contributed by atoms with Gasteiger partial charge in [-0.15, -0.1) is 0 Å². The van der Waals surface area contributed by atoms with Crippen molar-refractivity contribution in [2.45, 2.75) is 6.92 Å². The molecule has 1 N–H and O–H groups in total. The van der Waals surface area contributed by atoms with Crippen LogP contribution in [-0.4, -0.2) is 10.9 Å². The van der Waals surface area contributed by atoms with Gasteiger partial charge in [0.2, 0.25) is 0 Å². The van der Waals surface area contributed by atoms with Gasteiger partial charge in [0, 0.05) is 24.9 Å². The molecule has 1 aromatic heterocycles. The van der Waals surface area contributed by atoms with E-state index in [1.807, 2.05) is 55.5 Å². The van der Waals surface area contributed by atoms with Gasteiger partial charge in [-0.3, -0.25) is 4.79 Å². The lowest BCUT2D eigenvalue weighted by atomic mass is 9.97. The predicted octanol–water partition coefficient (Wildman–Crippen LogP) is 8.29. The average molecular weight is 565 g/mol. The molecule has 0 radical (unpaired) electrons. The molecule has 4 aromatic rings. The van der Waals surface area contributed by atoms with Gasteiger partial charge in [-0.1, -0.05) is 57.3 Å². The van der Waals surface area contributed by atoms with E-state index in [9.17, 15) is 4.79 Å². The fraction of sp³-hybridized carbons (Fsp3) is 0.0435. The van der Waals surface area contributed by atoms with Crippen molar-refractivity contribution in [2.75, 3.05) is 5.32 Å². The highest BCUT2D eigenvalue weighted by molar-refractivity contribution is 9.11. The maximum absolute atomic E-state index is 13.4. The summed E-state index contributed by atoms with van der Waals surface area (Å²) in [6, 6.07) is 18.4. The van der Waals surface area contributed by atoms with Gasteiger partial charge in [0.05, 0.1) is 27.5 Å². The molecule has 3 aromatic carbocycles. The molecule has 0 aliphatic heterocycles. The first-order valence-electron chi connectivity index (χ1n) is 8.96. The quantitative estimate of drug-likeness (QED) is 0.272. The summed E-state index contributed by atoms with van der Waals surface area (Å²) in [5.41, 5.74) is 4.05. The number of pyridine rings is 1. The number of halogens is 4.